The second kappa shape index (κ2) is 8.51. The minimum Gasteiger partial charge on any atom is -0.332 e. The highest BCUT2D eigenvalue weighted by molar-refractivity contribution is 7.88. The van der Waals surface area contributed by atoms with E-state index in [0.29, 0.717) is 36.5 Å². The highest BCUT2D eigenvalue weighted by Gasteiger charge is 2.32. The van der Waals surface area contributed by atoms with Crippen LogP contribution in [0.4, 0.5) is 4.39 Å². The number of rotatable bonds is 4. The molecule has 1 amide bonds. The summed E-state index contributed by atoms with van der Waals surface area (Å²) in [6, 6.07) is 5.52. The van der Waals surface area contributed by atoms with Crippen LogP contribution < -0.4 is 5.56 Å². The molecule has 1 unspecified atom stereocenters. The van der Waals surface area contributed by atoms with E-state index >= 15 is 0 Å². The average molecular weight is 449 g/mol. The summed E-state index contributed by atoms with van der Waals surface area (Å²) in [5, 5.41) is 0. The molecule has 0 bridgehead atoms. The van der Waals surface area contributed by atoms with Crippen molar-refractivity contribution in [2.24, 2.45) is 0 Å². The number of likely N-dealkylation sites (tertiary alicyclic amines) is 1. The molecule has 1 atom stereocenters. The predicted molar refractivity (Wildman–Crippen MR) is 112 cm³/mol. The third-order valence-electron chi connectivity index (χ3n) is 5.93. The van der Waals surface area contributed by atoms with Gasteiger partial charge in [0.05, 0.1) is 30.0 Å². The molecule has 31 heavy (non-hydrogen) atoms. The van der Waals surface area contributed by atoms with E-state index in [4.69, 9.17) is 0 Å². The van der Waals surface area contributed by atoms with Gasteiger partial charge in [0.1, 0.15) is 11.6 Å². The Morgan fingerprint density at radius 3 is 2.68 bits per heavy atom. The smallest absolute Gasteiger partial charge is 0.255 e. The maximum Gasteiger partial charge on any atom is 0.255 e. The lowest BCUT2D eigenvalue weighted by atomic mass is 9.99. The Kier molecular flexibility index (Phi) is 5.94. The van der Waals surface area contributed by atoms with Crippen molar-refractivity contribution in [1.82, 2.24) is 19.2 Å². The maximum atomic E-state index is 13.2. The summed E-state index contributed by atoms with van der Waals surface area (Å²) >= 11 is 0. The van der Waals surface area contributed by atoms with Crippen LogP contribution in [0.25, 0.3) is 0 Å². The zero-order chi connectivity index (χ0) is 22.2. The lowest BCUT2D eigenvalue weighted by Gasteiger charge is -2.36. The first kappa shape index (κ1) is 21.6. The van der Waals surface area contributed by atoms with E-state index in [1.807, 2.05) is 0 Å². The molecule has 2 aromatic rings. The molecule has 1 aromatic carbocycles. The molecule has 1 N–H and O–H groups in total. The van der Waals surface area contributed by atoms with E-state index < -0.39 is 10.0 Å². The number of carbonyl (C=O) groups is 1. The lowest BCUT2D eigenvalue weighted by Crippen LogP contribution is -2.42. The first-order valence-electron chi connectivity index (χ1n) is 10.3. The molecular formula is C21H25FN4O4S. The normalized spacial score (nSPS) is 19.8. The zero-order valence-electron chi connectivity index (χ0n) is 17.3. The van der Waals surface area contributed by atoms with E-state index in [-0.39, 0.29) is 42.8 Å². The number of aromatic nitrogens is 2. The first-order valence-corrected chi connectivity index (χ1v) is 12.2. The fourth-order valence-corrected chi connectivity index (χ4v) is 5.04. The van der Waals surface area contributed by atoms with E-state index in [1.54, 1.807) is 17.0 Å². The Morgan fingerprint density at radius 1 is 1.23 bits per heavy atom. The summed E-state index contributed by atoms with van der Waals surface area (Å²) in [5.41, 5.74) is 1.32. The summed E-state index contributed by atoms with van der Waals surface area (Å²) in [6.07, 6.45) is 4.09. The summed E-state index contributed by atoms with van der Waals surface area (Å²) in [6.45, 7) is 0.849. The summed E-state index contributed by atoms with van der Waals surface area (Å²) in [5.74, 6) is 0.000891. The van der Waals surface area contributed by atoms with E-state index in [2.05, 4.69) is 9.97 Å². The van der Waals surface area contributed by atoms with Crippen LogP contribution in [-0.4, -0.2) is 52.8 Å². The number of halogens is 1. The number of hydrogen-bond donors (Lipinski definition) is 1. The molecule has 1 saturated heterocycles. The van der Waals surface area contributed by atoms with Gasteiger partial charge >= 0.3 is 0 Å². The molecule has 8 nitrogen and oxygen atoms in total. The molecule has 10 heteroatoms. The Bertz CT molecular complexity index is 1150. The Hall–Kier alpha value is -2.59. The van der Waals surface area contributed by atoms with Crippen LogP contribution in [-0.2, 0) is 34.2 Å². The van der Waals surface area contributed by atoms with Crippen LogP contribution in [0.2, 0.25) is 0 Å². The lowest BCUT2D eigenvalue weighted by molar-refractivity contribution is -0.134. The molecular weight excluding hydrogens is 423 g/mol. The van der Waals surface area contributed by atoms with Crippen LogP contribution in [0, 0.1) is 5.82 Å². The Morgan fingerprint density at radius 2 is 1.97 bits per heavy atom. The zero-order valence-corrected chi connectivity index (χ0v) is 18.1. The number of carbonyl (C=O) groups excluding carboxylic acids is 1. The first-order chi connectivity index (χ1) is 14.7. The molecule has 0 aliphatic carbocycles. The minimum atomic E-state index is -3.39. The number of fused-ring (bicyclic) bond motifs is 1. The van der Waals surface area contributed by atoms with Crippen LogP contribution in [0.5, 0.6) is 0 Å². The van der Waals surface area contributed by atoms with Crippen molar-refractivity contribution in [3.63, 3.8) is 0 Å². The monoisotopic (exact) mass is 448 g/mol. The van der Waals surface area contributed by atoms with Crippen LogP contribution in [0.3, 0.4) is 0 Å². The van der Waals surface area contributed by atoms with Crippen molar-refractivity contribution in [2.45, 2.75) is 44.7 Å². The molecule has 4 rings (SSSR count). The summed E-state index contributed by atoms with van der Waals surface area (Å²) < 4.78 is 38.1. The van der Waals surface area contributed by atoms with Crippen molar-refractivity contribution in [2.75, 3.05) is 19.3 Å². The van der Waals surface area contributed by atoms with Gasteiger partial charge in [-0.2, -0.15) is 4.31 Å². The molecule has 1 aromatic heterocycles. The minimum absolute atomic E-state index is 0.00859. The van der Waals surface area contributed by atoms with Gasteiger partial charge in [-0.25, -0.2) is 17.8 Å². The standard InChI is InChI=1S/C21H25FN4O4S/c1-31(29,30)25-11-9-17-16(13-25)21(28)24-20(23-17)18-4-2-3-10-26(18)19(27)12-14-5-7-15(22)8-6-14/h5-8,18H,2-4,9-13H2,1H3,(H,23,24,28). The average Bonchev–Trinajstić information content (AvgIpc) is 2.74. The van der Waals surface area contributed by atoms with E-state index in [9.17, 15) is 22.4 Å². The molecule has 0 spiro atoms. The topological polar surface area (TPSA) is 103 Å². The third-order valence-corrected chi connectivity index (χ3v) is 7.18. The van der Waals surface area contributed by atoms with Gasteiger partial charge in [-0.1, -0.05) is 12.1 Å². The highest BCUT2D eigenvalue weighted by atomic mass is 32.2. The quantitative estimate of drug-likeness (QED) is 0.764. The number of amides is 1. The van der Waals surface area contributed by atoms with Gasteiger partial charge in [-0.3, -0.25) is 9.59 Å². The maximum absolute atomic E-state index is 13.2. The largest absolute Gasteiger partial charge is 0.332 e. The number of piperidine rings is 1. The van der Waals surface area contributed by atoms with Crippen molar-refractivity contribution in [3.05, 3.63) is 63.1 Å². The SMILES string of the molecule is CS(=O)(=O)N1CCc2nc(C3CCCCN3C(=O)Cc3ccc(F)cc3)[nH]c(=O)c2C1. The fourth-order valence-electron chi connectivity index (χ4n) is 4.25. The summed E-state index contributed by atoms with van der Waals surface area (Å²) in [4.78, 5) is 34.9. The van der Waals surface area contributed by atoms with Gasteiger partial charge in [0.15, 0.2) is 0 Å². The third kappa shape index (κ3) is 4.69. The second-order valence-corrected chi connectivity index (χ2v) is 10.1. The Labute approximate surface area is 180 Å². The van der Waals surface area contributed by atoms with Crippen molar-refractivity contribution in [1.29, 1.82) is 0 Å². The molecule has 2 aliphatic rings. The highest BCUT2D eigenvalue weighted by Crippen LogP contribution is 2.30. The van der Waals surface area contributed by atoms with Crippen molar-refractivity contribution < 1.29 is 17.6 Å². The Balaban J connectivity index is 1.58. The van der Waals surface area contributed by atoms with E-state index in [1.165, 1.54) is 16.4 Å². The van der Waals surface area contributed by atoms with Gasteiger partial charge in [0.25, 0.3) is 5.56 Å². The number of hydrogen-bond acceptors (Lipinski definition) is 5. The number of nitrogens with one attached hydrogen (secondary N) is 1. The number of sulfonamides is 1. The molecule has 1 fully saturated rings. The van der Waals surface area contributed by atoms with Gasteiger partial charge < -0.3 is 9.88 Å². The van der Waals surface area contributed by atoms with Crippen molar-refractivity contribution in [3.8, 4) is 0 Å². The summed E-state index contributed by atoms with van der Waals surface area (Å²) in [7, 11) is -3.39. The molecule has 3 heterocycles. The molecule has 166 valence electrons. The van der Waals surface area contributed by atoms with E-state index in [0.717, 1.165) is 24.7 Å². The van der Waals surface area contributed by atoms with Gasteiger partial charge in [0, 0.05) is 26.1 Å². The van der Waals surface area contributed by atoms with Crippen molar-refractivity contribution >= 4 is 15.9 Å². The van der Waals surface area contributed by atoms with Crippen LogP contribution in [0.1, 0.15) is 47.9 Å². The number of H-pyrrole nitrogens is 1. The second-order valence-electron chi connectivity index (χ2n) is 8.12. The molecule has 0 radical (unpaired) electrons. The van der Waals surface area contributed by atoms with Crippen LogP contribution in [0.15, 0.2) is 29.1 Å². The van der Waals surface area contributed by atoms with Gasteiger partial charge in [-0.05, 0) is 37.0 Å². The predicted octanol–water partition coefficient (Wildman–Crippen LogP) is 1.52. The van der Waals surface area contributed by atoms with Gasteiger partial charge in [0.2, 0.25) is 15.9 Å². The number of nitrogens with zero attached hydrogens (tertiary/aromatic N) is 3. The van der Waals surface area contributed by atoms with Gasteiger partial charge in [-0.15, -0.1) is 0 Å². The fraction of sp³-hybridized carbons (Fsp3) is 0.476. The van der Waals surface area contributed by atoms with Crippen LogP contribution >= 0.6 is 0 Å². The molecule has 0 saturated carbocycles. The number of aromatic amines is 1. The number of benzene rings is 1. The molecule has 2 aliphatic heterocycles.